The summed E-state index contributed by atoms with van der Waals surface area (Å²) in [5.74, 6) is 1.95. The number of para-hydroxylation sites is 1. The van der Waals surface area contributed by atoms with Crippen molar-refractivity contribution in [1.82, 2.24) is 19.5 Å². The van der Waals surface area contributed by atoms with Crippen molar-refractivity contribution < 1.29 is 0 Å². The predicted octanol–water partition coefficient (Wildman–Crippen LogP) is 12.6. The molecule has 0 aliphatic heterocycles. The summed E-state index contributed by atoms with van der Waals surface area (Å²) >= 11 is 1.91. The molecule has 0 amide bonds. The van der Waals surface area contributed by atoms with Crippen molar-refractivity contribution in [3.63, 3.8) is 0 Å². The molecule has 0 radical (unpaired) electrons. The fraction of sp³-hybridized carbons (Fsp3) is 0. The highest BCUT2D eigenvalue weighted by Crippen LogP contribution is 2.49. The summed E-state index contributed by atoms with van der Waals surface area (Å²) in [5.41, 5.74) is 6.36. The number of hydrogen-bond donors (Lipinski definition) is 0. The molecule has 3 heterocycles. The Balaban J connectivity index is 1.18. The average molecular weight is 681 g/mol. The number of nitrogens with zero attached hydrogens (tertiary/aromatic N) is 4. The third kappa shape index (κ3) is 4.36. The van der Waals surface area contributed by atoms with E-state index < -0.39 is 0 Å². The lowest BCUT2D eigenvalue weighted by Gasteiger charge is -2.12. The van der Waals surface area contributed by atoms with Crippen LogP contribution in [0.15, 0.2) is 170 Å². The molecule has 8 aromatic carbocycles. The molecule has 0 saturated carbocycles. The Kier molecular flexibility index (Phi) is 6.39. The maximum absolute atomic E-state index is 4.99. The van der Waals surface area contributed by atoms with Crippen LogP contribution in [0, 0.1) is 0 Å². The Bertz CT molecular complexity index is 3100. The van der Waals surface area contributed by atoms with Crippen LogP contribution < -0.4 is 0 Å². The summed E-state index contributed by atoms with van der Waals surface area (Å²) in [6, 6.07) is 60.0. The largest absolute Gasteiger partial charge is 0.309 e. The molecule has 0 aliphatic rings. The second-order valence-corrected chi connectivity index (χ2v) is 14.2. The van der Waals surface area contributed by atoms with Crippen molar-refractivity contribution in [3.8, 4) is 39.9 Å². The van der Waals surface area contributed by atoms with Crippen molar-refractivity contribution in [2.75, 3.05) is 0 Å². The van der Waals surface area contributed by atoms with Gasteiger partial charge in [-0.05, 0) is 46.5 Å². The Labute approximate surface area is 302 Å². The molecule has 0 spiro atoms. The molecule has 0 aliphatic carbocycles. The van der Waals surface area contributed by atoms with Gasteiger partial charge in [0.2, 0.25) is 0 Å². The molecule has 11 rings (SSSR count). The zero-order valence-corrected chi connectivity index (χ0v) is 28.7. The molecule has 0 fully saturated rings. The van der Waals surface area contributed by atoms with Gasteiger partial charge < -0.3 is 4.57 Å². The summed E-state index contributed by atoms with van der Waals surface area (Å²) in [4.78, 5) is 14.9. The van der Waals surface area contributed by atoms with Crippen molar-refractivity contribution >= 4 is 74.9 Å². The normalized spacial score (nSPS) is 11.8. The van der Waals surface area contributed by atoms with Crippen LogP contribution >= 0.6 is 11.3 Å². The van der Waals surface area contributed by atoms with Crippen LogP contribution in [0.5, 0.6) is 0 Å². The minimum atomic E-state index is 0.644. The van der Waals surface area contributed by atoms with E-state index in [1.807, 2.05) is 72.0 Å². The molecule has 242 valence electrons. The summed E-state index contributed by atoms with van der Waals surface area (Å²) in [7, 11) is 0. The first-order valence-electron chi connectivity index (χ1n) is 17.5. The van der Waals surface area contributed by atoms with Gasteiger partial charge in [0.15, 0.2) is 17.5 Å². The molecule has 0 saturated heterocycles. The van der Waals surface area contributed by atoms with Gasteiger partial charge in [0.05, 0.1) is 11.0 Å². The van der Waals surface area contributed by atoms with Gasteiger partial charge >= 0.3 is 0 Å². The topological polar surface area (TPSA) is 43.6 Å². The van der Waals surface area contributed by atoms with Crippen molar-refractivity contribution in [2.45, 2.75) is 0 Å². The van der Waals surface area contributed by atoms with Crippen LogP contribution in [0.25, 0.3) is 103 Å². The Morgan fingerprint density at radius 1 is 0.365 bits per heavy atom. The highest BCUT2D eigenvalue weighted by atomic mass is 32.1. The zero-order chi connectivity index (χ0) is 34.2. The SMILES string of the molecule is c1ccc(-c2nc(-c3ccccc3)nc(-c3ccc(-n4c5ccccc5c5c6ccccc6c6sc7c8ccccc8ccc7c6c54)cc3)n2)cc1. The lowest BCUT2D eigenvalue weighted by molar-refractivity contribution is 1.07. The highest BCUT2D eigenvalue weighted by Gasteiger charge is 2.22. The Morgan fingerprint density at radius 2 is 0.904 bits per heavy atom. The Morgan fingerprint density at radius 3 is 1.58 bits per heavy atom. The number of thiophene rings is 1. The van der Waals surface area contributed by atoms with E-state index in [1.54, 1.807) is 0 Å². The van der Waals surface area contributed by atoms with Gasteiger partial charge in [-0.15, -0.1) is 11.3 Å². The van der Waals surface area contributed by atoms with Gasteiger partial charge in [-0.3, -0.25) is 0 Å². The lowest BCUT2D eigenvalue weighted by Crippen LogP contribution is -2.00. The Hall–Kier alpha value is -6.69. The van der Waals surface area contributed by atoms with Gasteiger partial charge in [0.1, 0.15) is 0 Å². The van der Waals surface area contributed by atoms with Crippen molar-refractivity contribution in [3.05, 3.63) is 170 Å². The highest BCUT2D eigenvalue weighted by molar-refractivity contribution is 7.27. The molecule has 5 heteroatoms. The number of hydrogen-bond acceptors (Lipinski definition) is 4. The van der Waals surface area contributed by atoms with Gasteiger partial charge in [-0.25, -0.2) is 15.0 Å². The fourth-order valence-corrected chi connectivity index (χ4v) is 9.24. The van der Waals surface area contributed by atoms with E-state index in [2.05, 4.69) is 114 Å². The summed E-state index contributed by atoms with van der Waals surface area (Å²) in [5, 5.41) is 10.3. The van der Waals surface area contributed by atoms with Gasteiger partial charge in [-0.1, -0.05) is 140 Å². The third-order valence-electron chi connectivity index (χ3n) is 10.2. The fourth-order valence-electron chi connectivity index (χ4n) is 7.86. The van der Waals surface area contributed by atoms with Gasteiger partial charge in [0, 0.05) is 58.7 Å². The third-order valence-corrected chi connectivity index (χ3v) is 11.5. The van der Waals surface area contributed by atoms with Crippen molar-refractivity contribution in [1.29, 1.82) is 0 Å². The summed E-state index contributed by atoms with van der Waals surface area (Å²) < 4.78 is 5.11. The second kappa shape index (κ2) is 11.4. The quantitative estimate of drug-likeness (QED) is 0.186. The van der Waals surface area contributed by atoms with Crippen LogP contribution in [-0.2, 0) is 0 Å². The van der Waals surface area contributed by atoms with Crippen LogP contribution in [0.1, 0.15) is 0 Å². The lowest BCUT2D eigenvalue weighted by atomic mass is 9.99. The molecule has 0 atom stereocenters. The smallest absolute Gasteiger partial charge is 0.164 e. The molecule has 0 N–H and O–H groups in total. The van der Waals surface area contributed by atoms with E-state index in [1.165, 1.54) is 63.5 Å². The maximum atomic E-state index is 4.99. The monoisotopic (exact) mass is 680 g/mol. The first-order chi connectivity index (χ1) is 25.8. The number of fused-ring (bicyclic) bond motifs is 12. The van der Waals surface area contributed by atoms with Crippen LogP contribution in [-0.4, -0.2) is 19.5 Å². The molecule has 3 aromatic heterocycles. The minimum Gasteiger partial charge on any atom is -0.309 e. The first-order valence-corrected chi connectivity index (χ1v) is 18.3. The standard InChI is InChI=1S/C47H28N4S/c1-3-14-30(15-4-1)45-48-46(31-16-5-2-6-17-31)50-47(49-45)32-23-26-33(27-24-32)51-39-22-12-11-21-37(39)40-35-19-9-10-20-36(35)44-41(42(40)51)38-28-25-29-13-7-8-18-34(29)43(38)52-44/h1-28H. The zero-order valence-electron chi connectivity index (χ0n) is 27.9. The molecular formula is C47H28N4S. The summed E-state index contributed by atoms with van der Waals surface area (Å²) in [6.45, 7) is 0. The van der Waals surface area contributed by atoms with E-state index in [-0.39, 0.29) is 0 Å². The second-order valence-electron chi connectivity index (χ2n) is 13.2. The van der Waals surface area contributed by atoms with E-state index >= 15 is 0 Å². The average Bonchev–Trinajstić information content (AvgIpc) is 3.79. The number of aromatic nitrogens is 4. The molecule has 0 bridgehead atoms. The van der Waals surface area contributed by atoms with E-state index in [0.29, 0.717) is 17.5 Å². The molecule has 4 nitrogen and oxygen atoms in total. The van der Waals surface area contributed by atoms with Crippen LogP contribution in [0.3, 0.4) is 0 Å². The molecule has 0 unspecified atom stereocenters. The van der Waals surface area contributed by atoms with Crippen molar-refractivity contribution in [2.24, 2.45) is 0 Å². The van der Waals surface area contributed by atoms with Gasteiger partial charge in [-0.2, -0.15) is 0 Å². The molecule has 11 aromatic rings. The van der Waals surface area contributed by atoms with Crippen LogP contribution in [0.4, 0.5) is 0 Å². The predicted molar refractivity (Wildman–Crippen MR) is 218 cm³/mol. The van der Waals surface area contributed by atoms with Crippen LogP contribution in [0.2, 0.25) is 0 Å². The first kappa shape index (κ1) is 29.1. The maximum Gasteiger partial charge on any atom is 0.164 e. The number of benzene rings is 8. The number of rotatable bonds is 4. The minimum absolute atomic E-state index is 0.644. The molecular weight excluding hydrogens is 653 g/mol. The van der Waals surface area contributed by atoms with E-state index in [4.69, 9.17) is 15.0 Å². The van der Waals surface area contributed by atoms with E-state index in [9.17, 15) is 0 Å². The van der Waals surface area contributed by atoms with E-state index in [0.717, 1.165) is 22.4 Å². The van der Waals surface area contributed by atoms with Gasteiger partial charge in [0.25, 0.3) is 0 Å². The molecule has 52 heavy (non-hydrogen) atoms. The summed E-state index contributed by atoms with van der Waals surface area (Å²) in [6.07, 6.45) is 0.